The van der Waals surface area contributed by atoms with Gasteiger partial charge in [0.15, 0.2) is 0 Å². The zero-order valence-corrected chi connectivity index (χ0v) is 16.5. The maximum Gasteiger partial charge on any atom is 0.418 e. The lowest BCUT2D eigenvalue weighted by molar-refractivity contribution is -0.137. The number of alkyl halides is 3. The third-order valence-corrected chi connectivity index (χ3v) is 5.28. The van der Waals surface area contributed by atoms with Gasteiger partial charge in [0.1, 0.15) is 0 Å². The van der Waals surface area contributed by atoms with Crippen molar-refractivity contribution in [3.8, 4) is 5.69 Å². The number of aromatic nitrogens is 2. The zero-order chi connectivity index (χ0) is 19.9. The van der Waals surface area contributed by atoms with Gasteiger partial charge in [-0.15, -0.1) is 0 Å². The van der Waals surface area contributed by atoms with Gasteiger partial charge in [0.25, 0.3) is 0 Å². The van der Waals surface area contributed by atoms with E-state index in [1.54, 1.807) is 6.07 Å². The van der Waals surface area contributed by atoms with Crippen LogP contribution in [-0.2, 0) is 6.18 Å². The lowest BCUT2D eigenvalue weighted by Gasteiger charge is -2.26. The molecule has 1 heterocycles. The predicted octanol–water partition coefficient (Wildman–Crippen LogP) is 5.30. The highest BCUT2D eigenvalue weighted by Crippen LogP contribution is 2.34. The smallest absolute Gasteiger partial charge is 0.399 e. The van der Waals surface area contributed by atoms with Gasteiger partial charge in [-0.1, -0.05) is 25.8 Å². The molecule has 0 amide bonds. The summed E-state index contributed by atoms with van der Waals surface area (Å²) in [4.78, 5) is 0. The standard InChI is InChI=1S/C10H8F3N3.C9H19NS/c11-10(12,13)8-3-2-7(14)6-9(8)16-5-1-4-15-16;1-3-11-10-9-6-4-8(2)5-7-9/h1-6H,14H2;8-10H,3-7H2,1-2H3. The SMILES string of the molecule is CCSNC1CCC(C)CC1.Nc1ccc(C(F)(F)F)c(-n2cccn2)c1. The number of benzene rings is 1. The molecule has 2 aromatic rings. The van der Waals surface area contributed by atoms with Crippen molar-refractivity contribution in [2.75, 3.05) is 11.5 Å². The van der Waals surface area contributed by atoms with E-state index in [-0.39, 0.29) is 11.4 Å². The Hall–Kier alpha value is -1.67. The predicted molar refractivity (Wildman–Crippen MR) is 106 cm³/mol. The van der Waals surface area contributed by atoms with E-state index in [2.05, 4.69) is 23.7 Å². The Bertz CT molecular complexity index is 678. The molecule has 3 N–H and O–H groups in total. The second kappa shape index (κ2) is 10.0. The molecule has 0 spiro atoms. The summed E-state index contributed by atoms with van der Waals surface area (Å²) in [6.07, 6.45) is 4.02. The van der Waals surface area contributed by atoms with Crippen molar-refractivity contribution in [1.82, 2.24) is 14.5 Å². The largest absolute Gasteiger partial charge is 0.418 e. The number of nitrogens with two attached hydrogens (primary N) is 1. The van der Waals surface area contributed by atoms with Crippen molar-refractivity contribution in [1.29, 1.82) is 0 Å². The molecule has 0 saturated heterocycles. The van der Waals surface area contributed by atoms with Crippen LogP contribution in [0.25, 0.3) is 5.69 Å². The summed E-state index contributed by atoms with van der Waals surface area (Å²) < 4.78 is 42.7. The van der Waals surface area contributed by atoms with Gasteiger partial charge < -0.3 is 5.73 Å². The molecule has 1 aromatic carbocycles. The normalized spacial score (nSPS) is 20.0. The number of nitrogens with zero attached hydrogens (tertiary/aromatic N) is 2. The molecule has 27 heavy (non-hydrogen) atoms. The molecule has 8 heteroatoms. The number of anilines is 1. The highest BCUT2D eigenvalue weighted by molar-refractivity contribution is 7.97. The second-order valence-electron chi connectivity index (χ2n) is 6.73. The van der Waals surface area contributed by atoms with Crippen molar-refractivity contribution < 1.29 is 13.2 Å². The third kappa shape index (κ3) is 6.77. The molecule has 1 aromatic heterocycles. The van der Waals surface area contributed by atoms with Crippen LogP contribution in [-0.4, -0.2) is 21.6 Å². The van der Waals surface area contributed by atoms with Gasteiger partial charge in [-0.25, -0.2) is 4.68 Å². The van der Waals surface area contributed by atoms with Crippen LogP contribution in [0.5, 0.6) is 0 Å². The van der Waals surface area contributed by atoms with Crippen LogP contribution in [0.15, 0.2) is 36.7 Å². The van der Waals surface area contributed by atoms with Gasteiger partial charge in [0.2, 0.25) is 0 Å². The summed E-state index contributed by atoms with van der Waals surface area (Å²) in [6, 6.07) is 5.76. The lowest BCUT2D eigenvalue weighted by Crippen LogP contribution is -2.28. The van der Waals surface area contributed by atoms with Crippen LogP contribution >= 0.6 is 11.9 Å². The Morgan fingerprint density at radius 2 is 1.96 bits per heavy atom. The number of hydrogen-bond acceptors (Lipinski definition) is 4. The monoisotopic (exact) mass is 400 g/mol. The minimum absolute atomic E-state index is 0.0718. The molecule has 0 aliphatic heterocycles. The van der Waals surface area contributed by atoms with Crippen molar-refractivity contribution in [3.63, 3.8) is 0 Å². The Balaban J connectivity index is 0.000000208. The minimum atomic E-state index is -4.42. The van der Waals surface area contributed by atoms with Crippen molar-refractivity contribution in [2.24, 2.45) is 5.92 Å². The highest BCUT2D eigenvalue weighted by atomic mass is 32.2. The fourth-order valence-electron chi connectivity index (χ4n) is 2.97. The van der Waals surface area contributed by atoms with E-state index in [9.17, 15) is 13.2 Å². The summed E-state index contributed by atoms with van der Waals surface area (Å²) >= 11 is 1.87. The molecule has 0 atom stereocenters. The molecule has 150 valence electrons. The van der Waals surface area contributed by atoms with Crippen molar-refractivity contribution in [3.05, 3.63) is 42.2 Å². The van der Waals surface area contributed by atoms with Crippen LogP contribution < -0.4 is 10.5 Å². The first-order chi connectivity index (χ1) is 12.8. The van der Waals surface area contributed by atoms with E-state index in [0.29, 0.717) is 0 Å². The van der Waals surface area contributed by atoms with Gasteiger partial charge in [-0.2, -0.15) is 18.3 Å². The molecule has 1 saturated carbocycles. The minimum Gasteiger partial charge on any atom is -0.399 e. The van der Waals surface area contributed by atoms with Crippen molar-refractivity contribution in [2.45, 2.75) is 51.7 Å². The van der Waals surface area contributed by atoms with Gasteiger partial charge in [-0.3, -0.25) is 4.72 Å². The Kier molecular flexibility index (Phi) is 8.04. The molecule has 0 bridgehead atoms. The Morgan fingerprint density at radius 3 is 2.52 bits per heavy atom. The van der Waals surface area contributed by atoms with Gasteiger partial charge in [-0.05, 0) is 55.9 Å². The summed E-state index contributed by atoms with van der Waals surface area (Å²) in [6.45, 7) is 4.56. The quantitative estimate of drug-likeness (QED) is 0.540. The summed E-state index contributed by atoms with van der Waals surface area (Å²) in [5, 5.41) is 3.76. The highest BCUT2D eigenvalue weighted by Gasteiger charge is 2.34. The lowest BCUT2D eigenvalue weighted by atomic mass is 9.88. The van der Waals surface area contributed by atoms with Gasteiger partial charge in [0, 0.05) is 29.9 Å². The fourth-order valence-corrected chi connectivity index (χ4v) is 3.61. The summed E-state index contributed by atoms with van der Waals surface area (Å²) in [5.74, 6) is 2.16. The van der Waals surface area contributed by atoms with E-state index < -0.39 is 11.7 Å². The molecular formula is C19H27F3N4S. The topological polar surface area (TPSA) is 55.9 Å². The molecule has 0 radical (unpaired) electrons. The average molecular weight is 401 g/mol. The Labute approximate surface area is 162 Å². The van der Waals surface area contributed by atoms with Crippen LogP contribution in [0.1, 0.15) is 45.1 Å². The molecular weight excluding hydrogens is 373 g/mol. The van der Waals surface area contributed by atoms with Crippen LogP contribution in [0.2, 0.25) is 0 Å². The van der Waals surface area contributed by atoms with Crippen LogP contribution in [0.4, 0.5) is 18.9 Å². The molecule has 4 nitrogen and oxygen atoms in total. The third-order valence-electron chi connectivity index (χ3n) is 4.49. The van der Waals surface area contributed by atoms with E-state index >= 15 is 0 Å². The van der Waals surface area contributed by atoms with Crippen molar-refractivity contribution >= 4 is 17.6 Å². The maximum absolute atomic E-state index is 12.7. The number of hydrogen-bond donors (Lipinski definition) is 2. The number of nitrogen functional groups attached to an aromatic ring is 1. The second-order valence-corrected chi connectivity index (χ2v) is 7.83. The molecule has 3 rings (SSSR count). The molecule has 1 aliphatic rings. The molecule has 1 fully saturated rings. The maximum atomic E-state index is 12.7. The first kappa shape index (κ1) is 21.6. The van der Waals surface area contributed by atoms with E-state index in [4.69, 9.17) is 5.73 Å². The number of nitrogens with one attached hydrogen (secondary N) is 1. The zero-order valence-electron chi connectivity index (χ0n) is 15.7. The summed E-state index contributed by atoms with van der Waals surface area (Å²) in [5.41, 5.74) is 4.90. The first-order valence-electron chi connectivity index (χ1n) is 9.15. The first-order valence-corrected chi connectivity index (χ1v) is 10.1. The van der Waals surface area contributed by atoms with E-state index in [0.717, 1.165) is 22.7 Å². The van der Waals surface area contributed by atoms with Gasteiger partial charge >= 0.3 is 6.18 Å². The summed E-state index contributed by atoms with van der Waals surface area (Å²) in [7, 11) is 0. The van der Waals surface area contributed by atoms with E-state index in [1.807, 2.05) is 11.9 Å². The van der Waals surface area contributed by atoms with Gasteiger partial charge in [0.05, 0.1) is 11.3 Å². The fraction of sp³-hybridized carbons (Fsp3) is 0.526. The average Bonchev–Trinajstić information content (AvgIpc) is 3.15. The number of halogens is 3. The van der Waals surface area contributed by atoms with E-state index in [1.165, 1.54) is 56.0 Å². The molecule has 0 unspecified atom stereocenters. The Morgan fingerprint density at radius 1 is 1.26 bits per heavy atom. The molecule has 1 aliphatic carbocycles. The van der Waals surface area contributed by atoms with Crippen LogP contribution in [0, 0.1) is 5.92 Å². The van der Waals surface area contributed by atoms with Crippen LogP contribution in [0.3, 0.4) is 0 Å². The number of rotatable bonds is 4.